The number of hydrogen-bond donors (Lipinski definition) is 1. The third kappa shape index (κ3) is 2.83. The number of rotatable bonds is 2. The molecule has 0 spiro atoms. The fourth-order valence-electron chi connectivity index (χ4n) is 1.20. The number of amides is 1. The lowest BCUT2D eigenvalue weighted by atomic mass is 10.0. The van der Waals surface area contributed by atoms with Gasteiger partial charge in [-0.15, -0.1) is 0 Å². The molecule has 1 unspecified atom stereocenters. The molecule has 68 valence electrons. The Morgan fingerprint density at radius 2 is 2.58 bits per heavy atom. The van der Waals surface area contributed by atoms with Crippen molar-refractivity contribution < 1.29 is 9.53 Å². The Balaban J connectivity index is 2.44. The van der Waals surface area contributed by atoms with Crippen LogP contribution in [0.15, 0.2) is 11.6 Å². The van der Waals surface area contributed by atoms with Crippen molar-refractivity contribution in [3.8, 4) is 0 Å². The van der Waals surface area contributed by atoms with Crippen molar-refractivity contribution in [2.45, 2.75) is 19.4 Å². The standard InChI is InChI=1S/C8H12ClNO2/c1-6(10-8(9)11)7-2-4-12-5-3-7/h2,6H,3-5H2,1H3,(H,10,11). The summed E-state index contributed by atoms with van der Waals surface area (Å²) >= 11 is 5.18. The second kappa shape index (κ2) is 4.48. The third-order valence-corrected chi connectivity index (χ3v) is 1.99. The average molecular weight is 190 g/mol. The number of nitrogens with one attached hydrogen (secondary N) is 1. The fourth-order valence-corrected chi connectivity index (χ4v) is 1.36. The third-order valence-electron chi connectivity index (χ3n) is 1.88. The molecule has 0 aromatic rings. The molecular weight excluding hydrogens is 178 g/mol. The van der Waals surface area contributed by atoms with E-state index < -0.39 is 5.37 Å². The van der Waals surface area contributed by atoms with Crippen LogP contribution in [0.1, 0.15) is 13.3 Å². The first-order valence-corrected chi connectivity index (χ1v) is 4.30. The number of halogens is 1. The van der Waals surface area contributed by atoms with Crippen molar-refractivity contribution in [2.24, 2.45) is 0 Å². The molecule has 0 aliphatic carbocycles. The van der Waals surface area contributed by atoms with Gasteiger partial charge in [-0.05, 0) is 30.5 Å². The van der Waals surface area contributed by atoms with Gasteiger partial charge in [-0.2, -0.15) is 0 Å². The van der Waals surface area contributed by atoms with Crippen molar-refractivity contribution in [2.75, 3.05) is 13.2 Å². The van der Waals surface area contributed by atoms with Gasteiger partial charge in [0.25, 0.3) is 0 Å². The molecule has 1 rings (SSSR count). The Kier molecular flexibility index (Phi) is 3.56. The van der Waals surface area contributed by atoms with Crippen molar-refractivity contribution in [3.05, 3.63) is 11.6 Å². The van der Waals surface area contributed by atoms with Gasteiger partial charge < -0.3 is 10.1 Å². The van der Waals surface area contributed by atoms with Crippen molar-refractivity contribution in [1.29, 1.82) is 0 Å². The van der Waals surface area contributed by atoms with Crippen LogP contribution in [0.2, 0.25) is 0 Å². The molecule has 12 heavy (non-hydrogen) atoms. The number of hydrogen-bond acceptors (Lipinski definition) is 2. The first-order valence-electron chi connectivity index (χ1n) is 3.93. The highest BCUT2D eigenvalue weighted by Crippen LogP contribution is 2.12. The maximum atomic E-state index is 10.5. The van der Waals surface area contributed by atoms with Crippen LogP contribution in [0.5, 0.6) is 0 Å². The van der Waals surface area contributed by atoms with Gasteiger partial charge in [0.15, 0.2) is 0 Å². The molecule has 1 amide bonds. The van der Waals surface area contributed by atoms with Gasteiger partial charge in [-0.25, -0.2) is 0 Å². The van der Waals surface area contributed by atoms with E-state index in [0.717, 1.165) is 13.0 Å². The molecular formula is C8H12ClNO2. The Morgan fingerprint density at radius 3 is 3.08 bits per heavy atom. The van der Waals surface area contributed by atoms with Crippen LogP contribution in [-0.2, 0) is 4.74 Å². The zero-order chi connectivity index (χ0) is 8.97. The molecule has 3 nitrogen and oxygen atoms in total. The molecule has 0 saturated carbocycles. The second-order valence-corrected chi connectivity index (χ2v) is 3.09. The SMILES string of the molecule is CC(NC(=O)Cl)C1=CCOCC1. The van der Waals surface area contributed by atoms with Crippen LogP contribution in [0.25, 0.3) is 0 Å². The molecule has 0 aromatic carbocycles. The van der Waals surface area contributed by atoms with E-state index in [2.05, 4.69) is 5.32 Å². The summed E-state index contributed by atoms with van der Waals surface area (Å²) in [5, 5.41) is 2.11. The molecule has 4 heteroatoms. The molecule has 1 N–H and O–H groups in total. The van der Waals surface area contributed by atoms with E-state index in [1.54, 1.807) is 0 Å². The summed E-state index contributed by atoms with van der Waals surface area (Å²) in [5.74, 6) is 0. The predicted octanol–water partition coefficient (Wildman–Crippen LogP) is 1.67. The van der Waals surface area contributed by atoms with E-state index in [1.807, 2.05) is 13.0 Å². The van der Waals surface area contributed by atoms with Gasteiger partial charge in [-0.1, -0.05) is 6.08 Å². The summed E-state index contributed by atoms with van der Waals surface area (Å²) in [4.78, 5) is 10.5. The van der Waals surface area contributed by atoms with Crippen LogP contribution < -0.4 is 5.32 Å². The normalized spacial score (nSPS) is 19.7. The summed E-state index contributed by atoms with van der Waals surface area (Å²) in [6, 6.07) is 0.0268. The first kappa shape index (κ1) is 9.55. The zero-order valence-electron chi connectivity index (χ0n) is 6.97. The highest BCUT2D eigenvalue weighted by atomic mass is 35.5. The monoisotopic (exact) mass is 189 g/mol. The highest BCUT2D eigenvalue weighted by molar-refractivity contribution is 6.63. The molecule has 0 bridgehead atoms. The van der Waals surface area contributed by atoms with Crippen LogP contribution >= 0.6 is 11.6 Å². The Hall–Kier alpha value is -0.540. The summed E-state index contributed by atoms with van der Waals surface area (Å²) in [5.41, 5.74) is 1.19. The number of carbonyl (C=O) groups is 1. The van der Waals surface area contributed by atoms with E-state index in [0.29, 0.717) is 6.61 Å². The van der Waals surface area contributed by atoms with E-state index in [-0.39, 0.29) is 6.04 Å². The largest absolute Gasteiger partial charge is 0.377 e. The van der Waals surface area contributed by atoms with Crippen molar-refractivity contribution in [3.63, 3.8) is 0 Å². The number of carbonyl (C=O) groups excluding carboxylic acids is 1. The van der Waals surface area contributed by atoms with E-state index in [1.165, 1.54) is 5.57 Å². The number of ether oxygens (including phenoxy) is 1. The Bertz CT molecular complexity index is 203. The highest BCUT2D eigenvalue weighted by Gasteiger charge is 2.12. The summed E-state index contributed by atoms with van der Waals surface area (Å²) < 4.78 is 5.13. The molecule has 1 atom stereocenters. The van der Waals surface area contributed by atoms with E-state index in [4.69, 9.17) is 16.3 Å². The summed E-state index contributed by atoms with van der Waals surface area (Å²) in [6.45, 7) is 3.28. The smallest absolute Gasteiger partial charge is 0.314 e. The van der Waals surface area contributed by atoms with Gasteiger partial charge in [0, 0.05) is 6.04 Å². The fraction of sp³-hybridized carbons (Fsp3) is 0.625. The van der Waals surface area contributed by atoms with E-state index >= 15 is 0 Å². The Morgan fingerprint density at radius 1 is 1.83 bits per heavy atom. The maximum Gasteiger partial charge on any atom is 0.314 e. The topological polar surface area (TPSA) is 38.3 Å². The average Bonchev–Trinajstić information content (AvgIpc) is 2.05. The minimum atomic E-state index is -0.505. The molecule has 0 aromatic heterocycles. The van der Waals surface area contributed by atoms with Crippen LogP contribution in [0.4, 0.5) is 4.79 Å². The first-order chi connectivity index (χ1) is 5.70. The zero-order valence-corrected chi connectivity index (χ0v) is 7.73. The predicted molar refractivity (Wildman–Crippen MR) is 47.4 cm³/mol. The van der Waals surface area contributed by atoms with Gasteiger partial charge in [0.2, 0.25) is 0 Å². The van der Waals surface area contributed by atoms with Crippen molar-refractivity contribution >= 4 is 17.0 Å². The molecule has 0 radical (unpaired) electrons. The molecule has 1 aliphatic rings. The van der Waals surface area contributed by atoms with Crippen LogP contribution in [-0.4, -0.2) is 24.6 Å². The van der Waals surface area contributed by atoms with Crippen LogP contribution in [0, 0.1) is 0 Å². The summed E-state index contributed by atoms with van der Waals surface area (Å²) in [6.07, 6.45) is 2.86. The minimum absolute atomic E-state index is 0.0268. The molecule has 1 aliphatic heterocycles. The van der Waals surface area contributed by atoms with Gasteiger partial charge >= 0.3 is 5.37 Å². The Labute approximate surface area is 76.7 Å². The lowest BCUT2D eigenvalue weighted by Crippen LogP contribution is -2.31. The van der Waals surface area contributed by atoms with Gasteiger partial charge in [-0.3, -0.25) is 4.79 Å². The van der Waals surface area contributed by atoms with Crippen LogP contribution in [0.3, 0.4) is 0 Å². The maximum absolute atomic E-state index is 10.5. The van der Waals surface area contributed by atoms with Gasteiger partial charge in [0.1, 0.15) is 0 Å². The molecule has 1 heterocycles. The second-order valence-electron chi connectivity index (χ2n) is 2.74. The van der Waals surface area contributed by atoms with E-state index in [9.17, 15) is 4.79 Å². The molecule has 0 saturated heterocycles. The quantitative estimate of drug-likeness (QED) is 0.408. The lowest BCUT2D eigenvalue weighted by Gasteiger charge is -2.19. The van der Waals surface area contributed by atoms with Crippen molar-refractivity contribution in [1.82, 2.24) is 5.32 Å². The summed E-state index contributed by atoms with van der Waals surface area (Å²) in [7, 11) is 0. The van der Waals surface area contributed by atoms with Gasteiger partial charge in [0.05, 0.1) is 13.2 Å². The lowest BCUT2D eigenvalue weighted by molar-refractivity contribution is 0.152. The molecule has 0 fully saturated rings. The minimum Gasteiger partial charge on any atom is -0.377 e.